The van der Waals surface area contributed by atoms with Crippen molar-refractivity contribution in [3.8, 4) is 5.75 Å². The molecule has 21 heavy (non-hydrogen) atoms. The van der Waals surface area contributed by atoms with Gasteiger partial charge in [-0.2, -0.15) is 0 Å². The monoisotopic (exact) mass is 304 g/mol. The number of carbonyl (C=O) groups excluding carboxylic acids is 1. The normalized spacial score (nSPS) is 10.0. The number of thiocarbonyl (C=S) groups is 1. The summed E-state index contributed by atoms with van der Waals surface area (Å²) in [6.45, 7) is 1.84. The van der Waals surface area contributed by atoms with E-state index in [0.717, 1.165) is 5.56 Å². The maximum atomic E-state index is 13.5. The van der Waals surface area contributed by atoms with Gasteiger partial charge < -0.3 is 10.4 Å². The number of hydrogen-bond acceptors (Lipinski definition) is 3. The molecule has 0 atom stereocenters. The number of anilines is 1. The third kappa shape index (κ3) is 3.76. The van der Waals surface area contributed by atoms with Crippen molar-refractivity contribution in [1.29, 1.82) is 0 Å². The van der Waals surface area contributed by atoms with E-state index in [0.29, 0.717) is 5.69 Å². The minimum Gasteiger partial charge on any atom is -0.506 e. The van der Waals surface area contributed by atoms with Crippen molar-refractivity contribution in [3.63, 3.8) is 0 Å². The smallest absolute Gasteiger partial charge is 0.260 e. The fraction of sp³-hybridized carbons (Fsp3) is 0.0667. The highest BCUT2D eigenvalue weighted by Gasteiger charge is 2.12. The van der Waals surface area contributed by atoms with E-state index < -0.39 is 11.7 Å². The highest BCUT2D eigenvalue weighted by molar-refractivity contribution is 7.80. The number of carbonyl (C=O) groups is 1. The van der Waals surface area contributed by atoms with Crippen molar-refractivity contribution in [3.05, 3.63) is 59.4 Å². The van der Waals surface area contributed by atoms with Gasteiger partial charge in [0.05, 0.1) is 11.3 Å². The molecule has 0 aliphatic carbocycles. The summed E-state index contributed by atoms with van der Waals surface area (Å²) < 4.78 is 13.5. The summed E-state index contributed by atoms with van der Waals surface area (Å²) in [5.74, 6) is -1.27. The molecular weight excluding hydrogens is 291 g/mol. The summed E-state index contributed by atoms with van der Waals surface area (Å²) >= 11 is 4.97. The number of phenols is 1. The number of aryl methyl sites for hydroxylation is 1. The zero-order chi connectivity index (χ0) is 15.4. The first-order valence-corrected chi connectivity index (χ1v) is 6.54. The Kier molecular flexibility index (Phi) is 4.49. The van der Waals surface area contributed by atoms with Crippen molar-refractivity contribution in [2.45, 2.75) is 6.92 Å². The van der Waals surface area contributed by atoms with E-state index in [-0.39, 0.29) is 16.4 Å². The molecule has 0 fully saturated rings. The first-order chi connectivity index (χ1) is 9.97. The van der Waals surface area contributed by atoms with Crippen molar-refractivity contribution >= 4 is 28.9 Å². The van der Waals surface area contributed by atoms with Gasteiger partial charge in [0.25, 0.3) is 5.91 Å². The molecule has 0 aliphatic rings. The van der Waals surface area contributed by atoms with Crippen LogP contribution in [0.5, 0.6) is 5.75 Å². The molecule has 2 aromatic rings. The molecule has 0 saturated heterocycles. The van der Waals surface area contributed by atoms with Crippen LogP contribution in [0.25, 0.3) is 0 Å². The number of phenolic OH excluding ortho intramolecular Hbond substituents is 1. The third-order valence-corrected chi connectivity index (χ3v) is 2.95. The van der Waals surface area contributed by atoms with Crippen LogP contribution in [0, 0.1) is 12.7 Å². The van der Waals surface area contributed by atoms with Crippen molar-refractivity contribution in [2.24, 2.45) is 0 Å². The van der Waals surface area contributed by atoms with Crippen LogP contribution < -0.4 is 10.6 Å². The van der Waals surface area contributed by atoms with Gasteiger partial charge >= 0.3 is 0 Å². The summed E-state index contributed by atoms with van der Waals surface area (Å²) in [7, 11) is 0. The third-order valence-electron chi connectivity index (χ3n) is 2.75. The average molecular weight is 304 g/mol. The molecule has 108 valence electrons. The van der Waals surface area contributed by atoms with Crippen LogP contribution in [0.4, 0.5) is 10.1 Å². The molecular formula is C15H13FN2O2S. The molecule has 2 rings (SSSR count). The summed E-state index contributed by atoms with van der Waals surface area (Å²) in [6, 6.07) is 10.6. The van der Waals surface area contributed by atoms with E-state index in [1.807, 2.05) is 6.92 Å². The predicted molar refractivity (Wildman–Crippen MR) is 82.9 cm³/mol. The van der Waals surface area contributed by atoms with E-state index in [4.69, 9.17) is 12.2 Å². The highest BCUT2D eigenvalue weighted by Crippen LogP contribution is 2.23. The number of amides is 1. The van der Waals surface area contributed by atoms with Crippen LogP contribution in [-0.4, -0.2) is 16.1 Å². The van der Waals surface area contributed by atoms with Crippen molar-refractivity contribution in [1.82, 2.24) is 5.32 Å². The summed E-state index contributed by atoms with van der Waals surface area (Å²) in [4.78, 5) is 11.9. The minimum atomic E-state index is -0.655. The second kappa shape index (κ2) is 6.32. The highest BCUT2D eigenvalue weighted by atomic mass is 32.1. The quantitative estimate of drug-likeness (QED) is 0.590. The molecule has 6 heteroatoms. The zero-order valence-electron chi connectivity index (χ0n) is 11.2. The van der Waals surface area contributed by atoms with Crippen LogP contribution >= 0.6 is 12.2 Å². The van der Waals surface area contributed by atoms with Crippen LogP contribution in [0.15, 0.2) is 42.5 Å². The SMILES string of the molecule is Cc1ccc(NC(=S)NC(=O)c2ccccc2F)c(O)c1. The topological polar surface area (TPSA) is 61.4 Å². The fourth-order valence-corrected chi connectivity index (χ4v) is 1.92. The second-order valence-electron chi connectivity index (χ2n) is 4.41. The average Bonchev–Trinajstić information content (AvgIpc) is 2.42. The Bertz CT molecular complexity index is 704. The molecule has 0 bridgehead atoms. The maximum absolute atomic E-state index is 13.5. The van der Waals surface area contributed by atoms with Gasteiger partial charge in [-0.1, -0.05) is 18.2 Å². The van der Waals surface area contributed by atoms with Gasteiger partial charge in [0.2, 0.25) is 0 Å². The summed E-state index contributed by atoms with van der Waals surface area (Å²) in [6.07, 6.45) is 0. The predicted octanol–water partition coefficient (Wildman–Crippen LogP) is 2.97. The number of nitrogens with one attached hydrogen (secondary N) is 2. The molecule has 0 spiro atoms. The van der Waals surface area contributed by atoms with E-state index >= 15 is 0 Å². The van der Waals surface area contributed by atoms with Gasteiger partial charge in [0.1, 0.15) is 11.6 Å². The molecule has 0 aromatic heterocycles. The standard InChI is InChI=1S/C15H13FN2O2S/c1-9-6-7-12(13(19)8-9)17-15(21)18-14(20)10-4-2-3-5-11(10)16/h2-8,19H,1H3,(H2,17,18,20,21). The molecule has 0 saturated carbocycles. The Hall–Kier alpha value is -2.47. The van der Waals surface area contributed by atoms with Crippen LogP contribution in [0.1, 0.15) is 15.9 Å². The van der Waals surface area contributed by atoms with Gasteiger partial charge in [-0.15, -0.1) is 0 Å². The first kappa shape index (κ1) is 14.9. The number of rotatable bonds is 2. The fourth-order valence-electron chi connectivity index (χ4n) is 1.72. The number of benzene rings is 2. The molecule has 1 amide bonds. The van der Waals surface area contributed by atoms with Crippen LogP contribution in [0.3, 0.4) is 0 Å². The Morgan fingerprint density at radius 1 is 1.24 bits per heavy atom. The molecule has 2 aromatic carbocycles. The van der Waals surface area contributed by atoms with Gasteiger partial charge in [0, 0.05) is 0 Å². The maximum Gasteiger partial charge on any atom is 0.260 e. The Labute approximate surface area is 126 Å². The molecule has 0 unspecified atom stereocenters. The second-order valence-corrected chi connectivity index (χ2v) is 4.82. The Morgan fingerprint density at radius 2 is 1.95 bits per heavy atom. The number of aromatic hydroxyl groups is 1. The minimum absolute atomic E-state index is 0.0116. The van der Waals surface area contributed by atoms with E-state index in [1.54, 1.807) is 24.3 Å². The molecule has 0 heterocycles. The summed E-state index contributed by atoms with van der Waals surface area (Å²) in [5, 5.41) is 14.8. The lowest BCUT2D eigenvalue weighted by molar-refractivity contribution is 0.0974. The van der Waals surface area contributed by atoms with Gasteiger partial charge in [-0.05, 0) is 49.0 Å². The molecule has 4 nitrogen and oxygen atoms in total. The lowest BCUT2D eigenvalue weighted by atomic mass is 10.2. The molecule has 0 aliphatic heterocycles. The van der Waals surface area contributed by atoms with E-state index in [2.05, 4.69) is 10.6 Å². The molecule has 3 N–H and O–H groups in total. The van der Waals surface area contributed by atoms with Crippen LogP contribution in [0.2, 0.25) is 0 Å². The first-order valence-electron chi connectivity index (χ1n) is 6.14. The lowest BCUT2D eigenvalue weighted by Crippen LogP contribution is -2.34. The Balaban J connectivity index is 2.05. The van der Waals surface area contributed by atoms with Crippen molar-refractivity contribution in [2.75, 3.05) is 5.32 Å². The number of halogens is 1. The van der Waals surface area contributed by atoms with E-state index in [9.17, 15) is 14.3 Å². The number of hydrogen-bond donors (Lipinski definition) is 3. The van der Waals surface area contributed by atoms with Gasteiger partial charge in [0.15, 0.2) is 5.11 Å². The van der Waals surface area contributed by atoms with Crippen LogP contribution in [-0.2, 0) is 0 Å². The van der Waals surface area contributed by atoms with Gasteiger partial charge in [-0.25, -0.2) is 4.39 Å². The molecule has 0 radical (unpaired) electrons. The Morgan fingerprint density at radius 3 is 2.62 bits per heavy atom. The largest absolute Gasteiger partial charge is 0.506 e. The lowest BCUT2D eigenvalue weighted by Gasteiger charge is -2.11. The summed E-state index contributed by atoms with van der Waals surface area (Å²) in [5.41, 5.74) is 1.15. The van der Waals surface area contributed by atoms with Crippen molar-refractivity contribution < 1.29 is 14.3 Å². The van der Waals surface area contributed by atoms with E-state index in [1.165, 1.54) is 18.2 Å². The zero-order valence-corrected chi connectivity index (χ0v) is 12.0. The van der Waals surface area contributed by atoms with Gasteiger partial charge in [-0.3, -0.25) is 10.1 Å².